The summed E-state index contributed by atoms with van der Waals surface area (Å²) in [5.41, 5.74) is 3.82. The van der Waals surface area contributed by atoms with E-state index in [1.165, 1.54) is 0 Å². The molecule has 1 fully saturated rings. The highest BCUT2D eigenvalue weighted by Gasteiger charge is 2.60. The highest BCUT2D eigenvalue weighted by atomic mass is 28.6. The van der Waals surface area contributed by atoms with Gasteiger partial charge in [-0.15, -0.1) is 13.2 Å². The maximum atomic E-state index is 6.69. The van der Waals surface area contributed by atoms with Crippen LogP contribution >= 0.6 is 0 Å². The Labute approximate surface area is 178 Å². The molecule has 0 aromatic heterocycles. The van der Waals surface area contributed by atoms with Gasteiger partial charge in [0.2, 0.25) is 16.6 Å². The van der Waals surface area contributed by atoms with Crippen molar-refractivity contribution in [3.63, 3.8) is 0 Å². The average molecular weight is 497 g/mol. The molecule has 0 bridgehead atoms. The number of hydrogen-bond acceptors (Lipinski definition) is 6. The van der Waals surface area contributed by atoms with Crippen LogP contribution in [0, 0.1) is 0 Å². The van der Waals surface area contributed by atoms with E-state index in [1.807, 2.05) is 24.5 Å². The Hall–Kier alpha value is 0.541. The van der Waals surface area contributed by atoms with Gasteiger partial charge < -0.3 is 24.7 Å². The SMILES string of the molecule is C=C[Si](C)(C)O[Si]1(C)O[Si](C)(CC)O[Si](C)(O[Si](C)(C)C=C)O[Si](C)(CC)O1. The molecule has 1 saturated heterocycles. The molecule has 0 saturated carbocycles. The first kappa shape index (κ1) is 26.6. The van der Waals surface area contributed by atoms with Gasteiger partial charge in [-0.2, -0.15) is 0 Å². The molecule has 0 unspecified atom stereocenters. The average Bonchev–Trinajstić information content (AvgIpc) is 2.51. The van der Waals surface area contributed by atoms with Gasteiger partial charge in [0, 0.05) is 13.1 Å². The lowest BCUT2D eigenvalue weighted by Crippen LogP contribution is -2.71. The predicted molar refractivity (Wildman–Crippen MR) is 129 cm³/mol. The van der Waals surface area contributed by atoms with Gasteiger partial charge in [0.05, 0.1) is 0 Å². The van der Waals surface area contributed by atoms with Gasteiger partial charge in [-0.25, -0.2) is 0 Å². The van der Waals surface area contributed by atoms with Gasteiger partial charge in [0.25, 0.3) is 0 Å². The quantitative estimate of drug-likeness (QED) is 0.426. The van der Waals surface area contributed by atoms with Crippen LogP contribution in [0.1, 0.15) is 13.8 Å². The summed E-state index contributed by atoms with van der Waals surface area (Å²) in [6.07, 6.45) is 0. The second kappa shape index (κ2) is 8.96. The molecule has 0 radical (unpaired) electrons. The molecule has 1 heterocycles. The third kappa shape index (κ3) is 7.35. The van der Waals surface area contributed by atoms with Crippen LogP contribution in [0.5, 0.6) is 0 Å². The molecular weight excluding hydrogens is 457 g/mol. The zero-order valence-corrected chi connectivity index (χ0v) is 25.4. The lowest BCUT2D eigenvalue weighted by Gasteiger charge is -2.50. The van der Waals surface area contributed by atoms with Crippen molar-refractivity contribution < 1.29 is 24.7 Å². The fourth-order valence-electron chi connectivity index (χ4n) is 3.06. The Morgan fingerprint density at radius 3 is 1.11 bits per heavy atom. The summed E-state index contributed by atoms with van der Waals surface area (Å²) >= 11 is 0. The van der Waals surface area contributed by atoms with Crippen LogP contribution in [0.15, 0.2) is 24.6 Å². The molecule has 164 valence electrons. The van der Waals surface area contributed by atoms with Crippen molar-refractivity contribution in [1.29, 1.82) is 0 Å². The van der Waals surface area contributed by atoms with Crippen LogP contribution in [0.25, 0.3) is 0 Å². The first-order valence-electron chi connectivity index (χ1n) is 9.96. The van der Waals surface area contributed by atoms with Gasteiger partial charge in [-0.05, 0) is 51.4 Å². The minimum atomic E-state index is -3.00. The Balaban J connectivity index is 3.39. The normalized spacial score (nSPS) is 37.8. The molecule has 0 amide bonds. The lowest BCUT2D eigenvalue weighted by atomic mass is 11.0. The molecule has 0 aliphatic carbocycles. The standard InChI is InChI=1S/C16H40O6Si6/c1-13-23(5,6)17-27(11)19-25(9,15-3)21-28(12,18-24(7,8)14-2)22-26(10,16-4)20-27/h13-14H,1-2,15-16H2,3-12H3. The summed E-state index contributed by atoms with van der Waals surface area (Å²) in [6, 6.07) is 1.52. The molecule has 0 aromatic carbocycles. The van der Waals surface area contributed by atoms with Crippen LogP contribution in [0.4, 0.5) is 0 Å². The third-order valence-electron chi connectivity index (χ3n) is 4.77. The summed E-state index contributed by atoms with van der Waals surface area (Å²) in [7, 11) is -15.5. The maximum Gasteiger partial charge on any atom is 0.469 e. The molecule has 1 rings (SSSR count). The van der Waals surface area contributed by atoms with E-state index in [-0.39, 0.29) is 0 Å². The monoisotopic (exact) mass is 496 g/mol. The van der Waals surface area contributed by atoms with Crippen molar-refractivity contribution in [3.05, 3.63) is 24.6 Å². The van der Waals surface area contributed by atoms with E-state index in [1.54, 1.807) is 0 Å². The Kier molecular flexibility index (Phi) is 8.50. The van der Waals surface area contributed by atoms with E-state index < -0.39 is 51.4 Å². The molecule has 0 N–H and O–H groups in total. The Morgan fingerprint density at radius 2 is 0.929 bits per heavy atom. The lowest BCUT2D eigenvalue weighted by molar-refractivity contribution is 0.146. The summed E-state index contributed by atoms with van der Waals surface area (Å²) < 4.78 is 39.8. The van der Waals surface area contributed by atoms with E-state index >= 15 is 0 Å². The first-order valence-corrected chi connectivity index (χ1v) is 25.4. The van der Waals surface area contributed by atoms with Crippen molar-refractivity contribution in [2.45, 2.75) is 78.3 Å². The zero-order chi connectivity index (χ0) is 22.1. The number of hydrogen-bond donors (Lipinski definition) is 0. The smallest absolute Gasteiger partial charge is 0.413 e. The first-order chi connectivity index (χ1) is 12.5. The Bertz CT molecular complexity index is 522. The second-order valence-corrected chi connectivity index (χ2v) is 30.5. The van der Waals surface area contributed by atoms with Crippen molar-refractivity contribution in [3.8, 4) is 0 Å². The largest absolute Gasteiger partial charge is 0.469 e. The molecule has 1 aliphatic heterocycles. The zero-order valence-electron chi connectivity index (χ0n) is 19.4. The minimum absolute atomic E-state index is 0.758. The third-order valence-corrected chi connectivity index (χ3v) is 29.3. The molecular formula is C16H40O6Si6. The van der Waals surface area contributed by atoms with Crippen LogP contribution in [0.2, 0.25) is 64.5 Å². The topological polar surface area (TPSA) is 55.4 Å². The number of rotatable bonds is 8. The van der Waals surface area contributed by atoms with Crippen LogP contribution in [-0.2, 0) is 24.7 Å². The van der Waals surface area contributed by atoms with E-state index in [0.717, 1.165) is 12.1 Å². The highest BCUT2D eigenvalue weighted by molar-refractivity contribution is 6.96. The fraction of sp³-hybridized carbons (Fsp3) is 0.750. The maximum absolute atomic E-state index is 6.69. The molecule has 6 nitrogen and oxygen atoms in total. The van der Waals surface area contributed by atoms with E-state index in [4.69, 9.17) is 24.7 Å². The van der Waals surface area contributed by atoms with Crippen molar-refractivity contribution in [1.82, 2.24) is 0 Å². The van der Waals surface area contributed by atoms with Crippen molar-refractivity contribution in [2.75, 3.05) is 0 Å². The summed E-state index contributed by atoms with van der Waals surface area (Å²) in [5, 5.41) is 0. The van der Waals surface area contributed by atoms with Crippen molar-refractivity contribution in [2.24, 2.45) is 0 Å². The van der Waals surface area contributed by atoms with E-state index in [2.05, 4.69) is 66.3 Å². The highest BCUT2D eigenvalue weighted by Crippen LogP contribution is 2.37. The van der Waals surface area contributed by atoms with Gasteiger partial charge in [-0.3, -0.25) is 0 Å². The van der Waals surface area contributed by atoms with Crippen LogP contribution in [0.3, 0.4) is 0 Å². The second-order valence-electron chi connectivity index (χ2n) is 8.93. The molecule has 0 aromatic rings. The summed E-state index contributed by atoms with van der Waals surface area (Å²) in [4.78, 5) is 0. The minimum Gasteiger partial charge on any atom is -0.413 e. The fourth-order valence-corrected chi connectivity index (χ4v) is 30.6. The Morgan fingerprint density at radius 1 is 0.679 bits per heavy atom. The van der Waals surface area contributed by atoms with Gasteiger partial charge in [0.1, 0.15) is 0 Å². The van der Waals surface area contributed by atoms with Crippen molar-refractivity contribution >= 4 is 51.4 Å². The van der Waals surface area contributed by atoms with E-state index in [0.29, 0.717) is 0 Å². The van der Waals surface area contributed by atoms with E-state index in [9.17, 15) is 0 Å². The van der Waals surface area contributed by atoms with Crippen LogP contribution < -0.4 is 0 Å². The summed E-state index contributed by atoms with van der Waals surface area (Å²) in [5.74, 6) is 0. The van der Waals surface area contributed by atoms with Gasteiger partial charge in [-0.1, -0.05) is 25.2 Å². The molecule has 0 atom stereocenters. The van der Waals surface area contributed by atoms with Crippen LogP contribution in [-0.4, -0.2) is 51.4 Å². The van der Waals surface area contributed by atoms with Gasteiger partial charge >= 0.3 is 34.7 Å². The molecule has 0 spiro atoms. The summed E-state index contributed by atoms with van der Waals surface area (Å²) in [6.45, 7) is 28.5. The molecule has 12 heteroatoms. The predicted octanol–water partition coefficient (Wildman–Crippen LogP) is 5.28. The molecule has 28 heavy (non-hydrogen) atoms. The van der Waals surface area contributed by atoms with Gasteiger partial charge in [0.15, 0.2) is 0 Å². The molecule has 1 aliphatic rings.